The lowest BCUT2D eigenvalue weighted by atomic mass is 10.1. The second-order valence-corrected chi connectivity index (χ2v) is 5.56. The second kappa shape index (κ2) is 5.83. The van der Waals surface area contributed by atoms with Gasteiger partial charge in [-0.25, -0.2) is 0 Å². The Kier molecular flexibility index (Phi) is 4.95. The van der Waals surface area contributed by atoms with Crippen LogP contribution in [0, 0.1) is 6.92 Å². The summed E-state index contributed by atoms with van der Waals surface area (Å²) >= 11 is 6.10. The molecule has 0 aromatic heterocycles. The highest BCUT2D eigenvalue weighted by Crippen LogP contribution is 2.22. The molecule has 0 aliphatic heterocycles. The Balaban J connectivity index is 2.76. The maximum atomic E-state index is 6.10. The number of aryl methyl sites for hydroxylation is 1. The zero-order chi connectivity index (χ0) is 13.1. The first-order valence-corrected chi connectivity index (χ1v) is 6.07. The smallest absolute Gasteiger partial charge is 0.0694 e. The average molecular weight is 257 g/mol. The van der Waals surface area contributed by atoms with Crippen LogP contribution in [-0.4, -0.2) is 12.2 Å². The van der Waals surface area contributed by atoms with Crippen molar-refractivity contribution >= 4 is 11.6 Å². The van der Waals surface area contributed by atoms with Crippen LogP contribution in [0.3, 0.4) is 0 Å². The van der Waals surface area contributed by atoms with Crippen LogP contribution >= 0.6 is 11.6 Å². The summed E-state index contributed by atoms with van der Waals surface area (Å²) in [6.45, 7) is 8.54. The molecule has 0 saturated heterocycles. The van der Waals surface area contributed by atoms with Gasteiger partial charge in [-0.2, -0.15) is 0 Å². The molecule has 17 heavy (non-hydrogen) atoms. The van der Waals surface area contributed by atoms with E-state index in [-0.39, 0.29) is 11.6 Å². The summed E-state index contributed by atoms with van der Waals surface area (Å²) < 4.78 is 5.72. The maximum Gasteiger partial charge on any atom is 0.0694 e. The maximum absolute atomic E-state index is 6.10. The minimum Gasteiger partial charge on any atom is -0.374 e. The first kappa shape index (κ1) is 14.5. The molecule has 0 fully saturated rings. The third kappa shape index (κ3) is 4.64. The number of hydrogen-bond donors (Lipinski definition) is 2. The quantitative estimate of drug-likeness (QED) is 0.643. The van der Waals surface area contributed by atoms with Crippen molar-refractivity contribution in [3.8, 4) is 0 Å². The summed E-state index contributed by atoms with van der Waals surface area (Å²) in [6.07, 6.45) is 0. The normalized spacial score (nSPS) is 13.8. The predicted octanol–water partition coefficient (Wildman–Crippen LogP) is 2.97. The van der Waals surface area contributed by atoms with E-state index in [9.17, 15) is 0 Å². The third-order valence-corrected chi connectivity index (χ3v) is 2.89. The molecular weight excluding hydrogens is 236 g/mol. The van der Waals surface area contributed by atoms with Gasteiger partial charge in [0.1, 0.15) is 0 Å². The molecule has 1 aromatic carbocycles. The highest BCUT2D eigenvalue weighted by atomic mass is 35.5. The molecule has 4 heteroatoms. The molecule has 3 N–H and O–H groups in total. The van der Waals surface area contributed by atoms with Crippen LogP contribution in [0.15, 0.2) is 18.2 Å². The molecule has 1 unspecified atom stereocenters. The Bertz CT molecular complexity index is 374. The Morgan fingerprint density at radius 3 is 2.53 bits per heavy atom. The SMILES string of the molecule is Cc1ccc(C(COC(C)(C)C)NN)cc1Cl. The molecule has 0 aliphatic rings. The average Bonchev–Trinajstić information content (AvgIpc) is 2.22. The van der Waals surface area contributed by atoms with Gasteiger partial charge in [0.25, 0.3) is 0 Å². The highest BCUT2D eigenvalue weighted by Gasteiger charge is 2.16. The van der Waals surface area contributed by atoms with E-state index in [1.54, 1.807) is 0 Å². The fraction of sp³-hybridized carbons (Fsp3) is 0.538. The Morgan fingerprint density at radius 2 is 2.06 bits per heavy atom. The van der Waals surface area contributed by atoms with Gasteiger partial charge in [-0.05, 0) is 44.9 Å². The number of halogens is 1. The van der Waals surface area contributed by atoms with Crippen LogP contribution in [0.5, 0.6) is 0 Å². The minimum atomic E-state index is -0.177. The van der Waals surface area contributed by atoms with Crippen molar-refractivity contribution in [1.29, 1.82) is 0 Å². The molecule has 0 amide bonds. The lowest BCUT2D eigenvalue weighted by Gasteiger charge is -2.24. The molecule has 0 saturated carbocycles. The van der Waals surface area contributed by atoms with Crippen LogP contribution in [0.2, 0.25) is 5.02 Å². The molecule has 96 valence electrons. The van der Waals surface area contributed by atoms with Crippen molar-refractivity contribution in [2.75, 3.05) is 6.61 Å². The van der Waals surface area contributed by atoms with E-state index in [2.05, 4.69) is 5.43 Å². The largest absolute Gasteiger partial charge is 0.374 e. The van der Waals surface area contributed by atoms with E-state index in [0.29, 0.717) is 6.61 Å². The zero-order valence-electron chi connectivity index (χ0n) is 10.9. The zero-order valence-corrected chi connectivity index (χ0v) is 11.6. The first-order chi connectivity index (χ1) is 7.83. The Labute approximate surface area is 108 Å². The summed E-state index contributed by atoms with van der Waals surface area (Å²) in [4.78, 5) is 0. The fourth-order valence-corrected chi connectivity index (χ4v) is 1.59. The van der Waals surface area contributed by atoms with Gasteiger partial charge in [0.05, 0.1) is 18.2 Å². The van der Waals surface area contributed by atoms with Crippen molar-refractivity contribution < 1.29 is 4.74 Å². The topological polar surface area (TPSA) is 47.3 Å². The van der Waals surface area contributed by atoms with E-state index >= 15 is 0 Å². The number of rotatable bonds is 4. The van der Waals surface area contributed by atoms with E-state index in [4.69, 9.17) is 22.2 Å². The van der Waals surface area contributed by atoms with Crippen LogP contribution in [-0.2, 0) is 4.74 Å². The number of nitrogens with two attached hydrogens (primary N) is 1. The second-order valence-electron chi connectivity index (χ2n) is 5.15. The summed E-state index contributed by atoms with van der Waals surface area (Å²) in [7, 11) is 0. The molecule has 0 aliphatic carbocycles. The van der Waals surface area contributed by atoms with Gasteiger partial charge < -0.3 is 4.74 Å². The summed E-state index contributed by atoms with van der Waals surface area (Å²) in [6, 6.07) is 5.87. The van der Waals surface area contributed by atoms with Gasteiger partial charge in [-0.15, -0.1) is 0 Å². The van der Waals surface area contributed by atoms with E-state index in [1.807, 2.05) is 45.9 Å². The van der Waals surface area contributed by atoms with Crippen LogP contribution in [0.1, 0.15) is 37.9 Å². The number of benzene rings is 1. The number of hydrazine groups is 1. The number of nitrogens with one attached hydrogen (secondary N) is 1. The standard InChI is InChI=1S/C13H21ClN2O/c1-9-5-6-10(7-11(9)14)12(16-15)8-17-13(2,3)4/h5-7,12,16H,8,15H2,1-4H3. The fourth-order valence-electron chi connectivity index (χ4n) is 1.40. The van der Waals surface area contributed by atoms with Crippen molar-refractivity contribution in [1.82, 2.24) is 5.43 Å². The summed E-state index contributed by atoms with van der Waals surface area (Å²) in [5.41, 5.74) is 4.67. The van der Waals surface area contributed by atoms with Gasteiger partial charge in [0, 0.05) is 5.02 Å². The van der Waals surface area contributed by atoms with Crippen LogP contribution in [0.4, 0.5) is 0 Å². The molecule has 0 heterocycles. The summed E-state index contributed by atoms with van der Waals surface area (Å²) in [5, 5.41) is 0.749. The molecule has 0 bridgehead atoms. The van der Waals surface area contributed by atoms with Crippen molar-refractivity contribution in [3.63, 3.8) is 0 Å². The Morgan fingerprint density at radius 1 is 1.41 bits per heavy atom. The van der Waals surface area contributed by atoms with Crippen molar-refractivity contribution in [2.45, 2.75) is 39.3 Å². The Hall–Kier alpha value is -0.610. The third-order valence-electron chi connectivity index (χ3n) is 2.48. The molecule has 0 radical (unpaired) electrons. The lowest BCUT2D eigenvalue weighted by Crippen LogP contribution is -2.34. The van der Waals surface area contributed by atoms with E-state index < -0.39 is 0 Å². The van der Waals surface area contributed by atoms with E-state index in [0.717, 1.165) is 16.1 Å². The summed E-state index contributed by atoms with van der Waals surface area (Å²) in [5.74, 6) is 5.55. The van der Waals surface area contributed by atoms with E-state index in [1.165, 1.54) is 0 Å². The molecule has 3 nitrogen and oxygen atoms in total. The number of hydrogen-bond acceptors (Lipinski definition) is 3. The predicted molar refractivity (Wildman–Crippen MR) is 72.0 cm³/mol. The van der Waals surface area contributed by atoms with Crippen LogP contribution < -0.4 is 11.3 Å². The first-order valence-electron chi connectivity index (χ1n) is 5.69. The van der Waals surface area contributed by atoms with Crippen molar-refractivity contribution in [3.05, 3.63) is 34.3 Å². The van der Waals surface area contributed by atoms with Gasteiger partial charge in [0.2, 0.25) is 0 Å². The van der Waals surface area contributed by atoms with Crippen molar-refractivity contribution in [2.24, 2.45) is 5.84 Å². The molecule has 0 spiro atoms. The monoisotopic (exact) mass is 256 g/mol. The molecule has 1 atom stereocenters. The number of ether oxygens (including phenoxy) is 1. The van der Waals surface area contributed by atoms with Gasteiger partial charge in [-0.3, -0.25) is 11.3 Å². The molecular formula is C13H21ClN2O. The van der Waals surface area contributed by atoms with Crippen LogP contribution in [0.25, 0.3) is 0 Å². The molecule has 1 aromatic rings. The molecule has 1 rings (SSSR count). The van der Waals surface area contributed by atoms with Gasteiger partial charge in [-0.1, -0.05) is 23.7 Å². The lowest BCUT2D eigenvalue weighted by molar-refractivity contribution is -0.0148. The minimum absolute atomic E-state index is 0.0488. The highest BCUT2D eigenvalue weighted by molar-refractivity contribution is 6.31. The van der Waals surface area contributed by atoms with Gasteiger partial charge >= 0.3 is 0 Å². The van der Waals surface area contributed by atoms with Gasteiger partial charge in [0.15, 0.2) is 0 Å².